The summed E-state index contributed by atoms with van der Waals surface area (Å²) in [6.07, 6.45) is 6.43. The minimum absolute atomic E-state index is 0.498. The number of rotatable bonds is 3. The summed E-state index contributed by atoms with van der Waals surface area (Å²) >= 11 is 0. The van der Waals surface area contributed by atoms with Gasteiger partial charge in [0.2, 0.25) is 10.0 Å². The molecule has 1 aromatic carbocycles. The fourth-order valence-electron chi connectivity index (χ4n) is 2.51. The summed E-state index contributed by atoms with van der Waals surface area (Å²) in [7, 11) is -3.32. The van der Waals surface area contributed by atoms with Gasteiger partial charge in [0.25, 0.3) is 0 Å². The molecular weight excluding hydrogens is 294 g/mol. The highest BCUT2D eigenvalue weighted by molar-refractivity contribution is 7.88. The molecule has 0 aliphatic carbocycles. The molecule has 1 heterocycles. The Hall–Kier alpha value is -1.99. The summed E-state index contributed by atoms with van der Waals surface area (Å²) in [5.41, 5.74) is 2.57. The van der Waals surface area contributed by atoms with Crippen LogP contribution in [-0.4, -0.2) is 25.5 Å². The number of hydrogen-bond acceptors (Lipinski definition) is 2. The van der Waals surface area contributed by atoms with E-state index >= 15 is 0 Å². The molecule has 0 amide bonds. The Labute approximate surface area is 133 Å². The van der Waals surface area contributed by atoms with Gasteiger partial charge in [-0.05, 0) is 49.3 Å². The third-order valence-electron chi connectivity index (χ3n) is 3.56. The molecule has 0 fully saturated rings. The highest BCUT2D eigenvalue weighted by Crippen LogP contribution is 2.26. The van der Waals surface area contributed by atoms with E-state index in [-0.39, 0.29) is 0 Å². The first-order valence-corrected chi connectivity index (χ1v) is 9.25. The van der Waals surface area contributed by atoms with Crippen molar-refractivity contribution in [2.24, 2.45) is 0 Å². The molecule has 2 rings (SSSR count). The van der Waals surface area contributed by atoms with Gasteiger partial charge >= 0.3 is 0 Å². The predicted octanol–water partition coefficient (Wildman–Crippen LogP) is 3.31. The fraction of sp³-hybridized carbons (Fsp3) is 0.333. The number of benzene rings is 1. The number of nitrogens with zero attached hydrogens (tertiary/aromatic N) is 1. The van der Waals surface area contributed by atoms with E-state index in [1.54, 1.807) is 0 Å². The Morgan fingerprint density at radius 3 is 2.59 bits per heavy atom. The average molecular weight is 315 g/mol. The van der Waals surface area contributed by atoms with Gasteiger partial charge in [0.05, 0.1) is 6.26 Å². The van der Waals surface area contributed by atoms with Crippen LogP contribution in [0.5, 0.6) is 0 Å². The van der Waals surface area contributed by atoms with E-state index in [9.17, 15) is 8.42 Å². The van der Waals surface area contributed by atoms with Gasteiger partial charge in [0.15, 0.2) is 0 Å². The molecule has 0 saturated carbocycles. The highest BCUT2D eigenvalue weighted by atomic mass is 32.2. The fourth-order valence-corrected chi connectivity index (χ4v) is 3.48. The van der Waals surface area contributed by atoms with Crippen LogP contribution in [0.15, 0.2) is 54.3 Å². The molecule has 0 spiro atoms. The Balaban J connectivity index is 2.49. The van der Waals surface area contributed by atoms with Crippen LogP contribution in [-0.2, 0) is 10.0 Å². The number of sulfonamides is 1. The van der Waals surface area contributed by atoms with E-state index in [2.05, 4.69) is 18.4 Å². The highest BCUT2D eigenvalue weighted by Gasteiger charge is 2.23. The third kappa shape index (κ3) is 4.25. The van der Waals surface area contributed by atoms with Crippen molar-refractivity contribution < 1.29 is 8.42 Å². The normalized spacial score (nSPS) is 15.8. The molecule has 0 aromatic heterocycles. The van der Waals surface area contributed by atoms with Crippen molar-refractivity contribution >= 4 is 10.0 Å². The van der Waals surface area contributed by atoms with Crippen molar-refractivity contribution in [3.8, 4) is 11.8 Å². The molecule has 1 aliphatic heterocycles. The Kier molecular flexibility index (Phi) is 5.46. The maximum Gasteiger partial charge on any atom is 0.232 e. The van der Waals surface area contributed by atoms with Gasteiger partial charge in [0.1, 0.15) is 5.70 Å². The second kappa shape index (κ2) is 7.33. The molecule has 3 nitrogen and oxygen atoms in total. The van der Waals surface area contributed by atoms with Crippen LogP contribution in [0.2, 0.25) is 0 Å². The van der Waals surface area contributed by atoms with E-state index < -0.39 is 10.0 Å². The van der Waals surface area contributed by atoms with Crippen molar-refractivity contribution in [2.45, 2.75) is 25.7 Å². The lowest BCUT2D eigenvalue weighted by atomic mass is 10.0. The standard InChI is InChI=1S/C18H21NO2S/c1-3-9-17-12-7-8-15-19(22(2,20)21)18(17)14-13-16-10-5-4-6-11-16/h3-6,10-11H,1,7-9,12,15H2,2H3. The number of hydrogen-bond donors (Lipinski definition) is 0. The van der Waals surface area contributed by atoms with Gasteiger partial charge in [-0.1, -0.05) is 30.2 Å². The Bertz CT molecular complexity index is 721. The van der Waals surface area contributed by atoms with Gasteiger partial charge in [-0.15, -0.1) is 6.58 Å². The van der Waals surface area contributed by atoms with Crippen LogP contribution >= 0.6 is 0 Å². The first kappa shape index (κ1) is 16.4. The maximum atomic E-state index is 12.1. The summed E-state index contributed by atoms with van der Waals surface area (Å²) in [5, 5.41) is 0. The second-order valence-corrected chi connectivity index (χ2v) is 7.26. The molecule has 4 heteroatoms. The van der Waals surface area contributed by atoms with Crippen molar-refractivity contribution in [3.05, 3.63) is 59.8 Å². The van der Waals surface area contributed by atoms with Gasteiger partial charge in [0, 0.05) is 12.1 Å². The minimum atomic E-state index is -3.32. The molecule has 1 aliphatic rings. The molecule has 0 unspecified atom stereocenters. The first-order valence-electron chi connectivity index (χ1n) is 7.40. The van der Waals surface area contributed by atoms with Crippen molar-refractivity contribution in [1.29, 1.82) is 0 Å². The molecule has 0 N–H and O–H groups in total. The topological polar surface area (TPSA) is 37.4 Å². The lowest BCUT2D eigenvalue weighted by Gasteiger charge is -2.22. The zero-order valence-electron chi connectivity index (χ0n) is 12.9. The van der Waals surface area contributed by atoms with E-state index in [4.69, 9.17) is 0 Å². The van der Waals surface area contributed by atoms with E-state index in [1.165, 1.54) is 10.6 Å². The van der Waals surface area contributed by atoms with Crippen LogP contribution in [0.1, 0.15) is 31.2 Å². The van der Waals surface area contributed by atoms with Crippen molar-refractivity contribution in [1.82, 2.24) is 4.31 Å². The van der Waals surface area contributed by atoms with Crippen molar-refractivity contribution in [3.63, 3.8) is 0 Å². The quantitative estimate of drug-likeness (QED) is 0.634. The summed E-state index contributed by atoms with van der Waals surface area (Å²) in [5.74, 6) is 6.18. The smallest absolute Gasteiger partial charge is 0.232 e. The Morgan fingerprint density at radius 2 is 1.95 bits per heavy atom. The Morgan fingerprint density at radius 1 is 1.23 bits per heavy atom. The van der Waals surface area contributed by atoms with Crippen molar-refractivity contribution in [2.75, 3.05) is 12.8 Å². The van der Waals surface area contributed by atoms with E-state index in [0.717, 1.165) is 30.4 Å². The third-order valence-corrected chi connectivity index (χ3v) is 4.73. The molecule has 22 heavy (non-hydrogen) atoms. The van der Waals surface area contributed by atoms with E-state index in [0.29, 0.717) is 18.7 Å². The molecule has 1 aromatic rings. The number of allylic oxidation sites excluding steroid dienone is 3. The second-order valence-electron chi connectivity index (χ2n) is 5.35. The van der Waals surface area contributed by atoms with Gasteiger partial charge in [-0.25, -0.2) is 8.42 Å². The van der Waals surface area contributed by atoms with Crippen LogP contribution in [0.3, 0.4) is 0 Å². The largest absolute Gasteiger partial charge is 0.263 e. The zero-order chi connectivity index (χ0) is 16.0. The zero-order valence-corrected chi connectivity index (χ0v) is 13.7. The van der Waals surface area contributed by atoms with Crippen LogP contribution < -0.4 is 0 Å². The summed E-state index contributed by atoms with van der Waals surface area (Å²) in [6.45, 7) is 4.27. The van der Waals surface area contributed by atoms with Crippen LogP contribution in [0.4, 0.5) is 0 Å². The van der Waals surface area contributed by atoms with Gasteiger partial charge < -0.3 is 0 Å². The molecule has 0 atom stereocenters. The molecule has 0 bridgehead atoms. The summed E-state index contributed by atoms with van der Waals surface area (Å²) in [6, 6.07) is 9.61. The SMILES string of the molecule is C=CCC1=C(C#Cc2ccccc2)N(S(C)(=O)=O)CCCC1. The first-order chi connectivity index (χ1) is 10.5. The molecule has 0 saturated heterocycles. The molecule has 116 valence electrons. The maximum absolute atomic E-state index is 12.1. The van der Waals surface area contributed by atoms with Crippen LogP contribution in [0.25, 0.3) is 0 Å². The molecular formula is C18H21NO2S. The van der Waals surface area contributed by atoms with Gasteiger partial charge in [-0.2, -0.15) is 0 Å². The minimum Gasteiger partial charge on any atom is -0.263 e. The lowest BCUT2D eigenvalue weighted by molar-refractivity contribution is 0.485. The van der Waals surface area contributed by atoms with Crippen LogP contribution in [0, 0.1) is 11.8 Å². The summed E-state index contributed by atoms with van der Waals surface area (Å²) in [4.78, 5) is 0. The lowest BCUT2D eigenvalue weighted by Crippen LogP contribution is -2.29. The monoisotopic (exact) mass is 315 g/mol. The predicted molar refractivity (Wildman–Crippen MR) is 90.6 cm³/mol. The average Bonchev–Trinajstić information content (AvgIpc) is 2.69. The molecule has 0 radical (unpaired) electrons. The summed E-state index contributed by atoms with van der Waals surface area (Å²) < 4.78 is 25.7. The van der Waals surface area contributed by atoms with E-state index in [1.807, 2.05) is 36.4 Å². The van der Waals surface area contributed by atoms with Gasteiger partial charge in [-0.3, -0.25) is 4.31 Å².